The van der Waals surface area contributed by atoms with Crippen molar-refractivity contribution in [3.05, 3.63) is 23.8 Å². The van der Waals surface area contributed by atoms with E-state index in [1.54, 1.807) is 14.2 Å². The maximum Gasteiger partial charge on any atom is 0.163 e. The van der Waals surface area contributed by atoms with Crippen LogP contribution in [0.4, 0.5) is 0 Å². The van der Waals surface area contributed by atoms with E-state index in [9.17, 15) is 0 Å². The summed E-state index contributed by atoms with van der Waals surface area (Å²) in [4.78, 5) is 2.19. The molecule has 0 N–H and O–H groups in total. The Balaban J connectivity index is 2.71. The number of nitrogens with zero attached hydrogens (tertiary/aromatic N) is 1. The second kappa shape index (κ2) is 6.38. The third-order valence-electron chi connectivity index (χ3n) is 2.54. The molecule has 0 aromatic heterocycles. The lowest BCUT2D eigenvalue weighted by atomic mass is 10.1. The molecule has 0 radical (unpaired) electrons. The molecule has 90 valence electrons. The van der Waals surface area contributed by atoms with Crippen molar-refractivity contribution in [2.75, 3.05) is 34.9 Å². The lowest BCUT2D eigenvalue weighted by Gasteiger charge is -2.13. The number of rotatable bonds is 6. The molecule has 1 aromatic carbocycles. The van der Waals surface area contributed by atoms with Gasteiger partial charge in [-0.2, -0.15) is 0 Å². The second-order valence-corrected chi connectivity index (χ2v) is 4.06. The van der Waals surface area contributed by atoms with Gasteiger partial charge < -0.3 is 14.4 Å². The minimum atomic E-state index is 0.810. The molecule has 0 fully saturated rings. The van der Waals surface area contributed by atoms with E-state index in [2.05, 4.69) is 25.1 Å². The maximum atomic E-state index is 5.39. The monoisotopic (exact) mass is 223 g/mol. The van der Waals surface area contributed by atoms with E-state index in [-0.39, 0.29) is 0 Å². The molecule has 0 aliphatic heterocycles. The maximum absolute atomic E-state index is 5.39. The number of hydrogen-bond donors (Lipinski definition) is 0. The highest BCUT2D eigenvalue weighted by Crippen LogP contribution is 2.31. The quantitative estimate of drug-likeness (QED) is 0.738. The number of aryl methyl sites for hydroxylation is 1. The SMILES string of the molecule is COc1cccc(CCCN(C)C)c1OC. The molecule has 16 heavy (non-hydrogen) atoms. The number of hydrogen-bond acceptors (Lipinski definition) is 3. The predicted molar refractivity (Wildman–Crippen MR) is 66.4 cm³/mol. The van der Waals surface area contributed by atoms with Crippen molar-refractivity contribution in [2.24, 2.45) is 0 Å². The third kappa shape index (κ3) is 3.42. The largest absolute Gasteiger partial charge is 0.493 e. The fraction of sp³-hybridized carbons (Fsp3) is 0.538. The molecule has 0 unspecified atom stereocenters. The third-order valence-corrected chi connectivity index (χ3v) is 2.54. The number of methoxy groups -OCH3 is 2. The first-order valence-corrected chi connectivity index (χ1v) is 5.53. The second-order valence-electron chi connectivity index (χ2n) is 4.06. The van der Waals surface area contributed by atoms with Crippen molar-refractivity contribution in [3.63, 3.8) is 0 Å². The fourth-order valence-electron chi connectivity index (χ4n) is 1.74. The highest BCUT2D eigenvalue weighted by atomic mass is 16.5. The van der Waals surface area contributed by atoms with Gasteiger partial charge in [0.05, 0.1) is 14.2 Å². The van der Waals surface area contributed by atoms with Gasteiger partial charge >= 0.3 is 0 Å². The van der Waals surface area contributed by atoms with E-state index in [0.29, 0.717) is 0 Å². The van der Waals surface area contributed by atoms with Gasteiger partial charge in [0.25, 0.3) is 0 Å². The zero-order valence-electron chi connectivity index (χ0n) is 10.6. The molecule has 0 saturated carbocycles. The molecular formula is C13H21NO2. The van der Waals surface area contributed by atoms with Crippen molar-refractivity contribution in [1.29, 1.82) is 0 Å². The van der Waals surface area contributed by atoms with E-state index in [0.717, 1.165) is 30.9 Å². The van der Waals surface area contributed by atoms with Crippen LogP contribution in [0.5, 0.6) is 11.5 Å². The fourth-order valence-corrected chi connectivity index (χ4v) is 1.74. The van der Waals surface area contributed by atoms with Crippen molar-refractivity contribution in [3.8, 4) is 11.5 Å². The van der Waals surface area contributed by atoms with Crippen LogP contribution in [0.3, 0.4) is 0 Å². The van der Waals surface area contributed by atoms with Crippen molar-refractivity contribution in [2.45, 2.75) is 12.8 Å². The number of benzene rings is 1. The molecule has 0 spiro atoms. The van der Waals surface area contributed by atoms with E-state index < -0.39 is 0 Å². The molecule has 0 saturated heterocycles. The van der Waals surface area contributed by atoms with Crippen LogP contribution in [0.1, 0.15) is 12.0 Å². The van der Waals surface area contributed by atoms with Gasteiger partial charge in [0.15, 0.2) is 11.5 Å². The van der Waals surface area contributed by atoms with Crippen LogP contribution in [-0.4, -0.2) is 39.8 Å². The summed E-state index contributed by atoms with van der Waals surface area (Å²) in [5.41, 5.74) is 1.21. The van der Waals surface area contributed by atoms with Gasteiger partial charge in [0.2, 0.25) is 0 Å². The highest BCUT2D eigenvalue weighted by molar-refractivity contribution is 5.46. The van der Waals surface area contributed by atoms with Gasteiger partial charge in [-0.15, -0.1) is 0 Å². The van der Waals surface area contributed by atoms with Gasteiger partial charge in [-0.25, -0.2) is 0 Å². The van der Waals surface area contributed by atoms with Crippen LogP contribution in [-0.2, 0) is 6.42 Å². The van der Waals surface area contributed by atoms with Crippen LogP contribution in [0.15, 0.2) is 18.2 Å². The molecule has 0 amide bonds. The summed E-state index contributed by atoms with van der Waals surface area (Å²) in [5.74, 6) is 1.67. The van der Waals surface area contributed by atoms with E-state index >= 15 is 0 Å². The van der Waals surface area contributed by atoms with Crippen LogP contribution in [0.2, 0.25) is 0 Å². The predicted octanol–water partition coefficient (Wildman–Crippen LogP) is 2.20. The van der Waals surface area contributed by atoms with Crippen molar-refractivity contribution >= 4 is 0 Å². The van der Waals surface area contributed by atoms with Gasteiger partial charge in [0, 0.05) is 0 Å². The zero-order valence-corrected chi connectivity index (χ0v) is 10.6. The van der Waals surface area contributed by atoms with Gasteiger partial charge in [-0.3, -0.25) is 0 Å². The first-order valence-electron chi connectivity index (χ1n) is 5.53. The van der Waals surface area contributed by atoms with Gasteiger partial charge in [-0.1, -0.05) is 12.1 Å². The van der Waals surface area contributed by atoms with Crippen molar-refractivity contribution in [1.82, 2.24) is 4.90 Å². The van der Waals surface area contributed by atoms with Crippen molar-refractivity contribution < 1.29 is 9.47 Å². The highest BCUT2D eigenvalue weighted by Gasteiger charge is 2.08. The van der Waals surface area contributed by atoms with Crippen LogP contribution in [0, 0.1) is 0 Å². The Hall–Kier alpha value is -1.22. The molecule has 0 atom stereocenters. The summed E-state index contributed by atoms with van der Waals surface area (Å²) in [7, 11) is 7.53. The molecule has 3 heteroatoms. The zero-order chi connectivity index (χ0) is 12.0. The Morgan fingerprint density at radius 1 is 1.12 bits per heavy atom. The smallest absolute Gasteiger partial charge is 0.163 e. The Kier molecular flexibility index (Phi) is 5.12. The summed E-state index contributed by atoms with van der Waals surface area (Å²) in [6.45, 7) is 1.08. The molecule has 0 aliphatic rings. The van der Waals surface area contributed by atoms with Gasteiger partial charge in [-0.05, 0) is 45.1 Å². The summed E-state index contributed by atoms with van der Waals surface area (Å²) in [5, 5.41) is 0. The summed E-state index contributed by atoms with van der Waals surface area (Å²) >= 11 is 0. The Bertz CT molecular complexity index is 324. The molecule has 1 rings (SSSR count). The van der Waals surface area contributed by atoms with Crippen LogP contribution >= 0.6 is 0 Å². The topological polar surface area (TPSA) is 21.7 Å². The lowest BCUT2D eigenvalue weighted by Crippen LogP contribution is -2.13. The van der Waals surface area contributed by atoms with Gasteiger partial charge in [0.1, 0.15) is 0 Å². The minimum absolute atomic E-state index is 0.810. The van der Waals surface area contributed by atoms with E-state index in [4.69, 9.17) is 9.47 Å². The van der Waals surface area contributed by atoms with E-state index in [1.807, 2.05) is 12.1 Å². The normalized spacial score (nSPS) is 10.6. The number of para-hydroxylation sites is 1. The lowest BCUT2D eigenvalue weighted by molar-refractivity contribution is 0.349. The Labute approximate surface area is 98.0 Å². The number of ether oxygens (including phenoxy) is 2. The molecular weight excluding hydrogens is 202 g/mol. The molecule has 1 aromatic rings. The summed E-state index contributed by atoms with van der Waals surface area (Å²) in [6.07, 6.45) is 2.13. The minimum Gasteiger partial charge on any atom is -0.493 e. The molecule has 3 nitrogen and oxygen atoms in total. The molecule has 0 heterocycles. The Morgan fingerprint density at radius 2 is 1.88 bits per heavy atom. The first-order chi connectivity index (χ1) is 7.69. The van der Waals surface area contributed by atoms with Crippen LogP contribution in [0.25, 0.3) is 0 Å². The first kappa shape index (κ1) is 12.8. The average Bonchev–Trinajstić information content (AvgIpc) is 2.28. The summed E-state index contributed by atoms with van der Waals surface area (Å²) in [6, 6.07) is 6.03. The van der Waals surface area contributed by atoms with Crippen LogP contribution < -0.4 is 9.47 Å². The molecule has 0 bridgehead atoms. The molecule has 0 aliphatic carbocycles. The summed E-state index contributed by atoms with van der Waals surface area (Å²) < 4.78 is 10.7. The average molecular weight is 223 g/mol. The standard InChI is InChI=1S/C13H21NO2/c1-14(2)10-6-8-11-7-5-9-12(15-3)13(11)16-4/h5,7,9H,6,8,10H2,1-4H3. The van der Waals surface area contributed by atoms with E-state index in [1.165, 1.54) is 5.56 Å². The Morgan fingerprint density at radius 3 is 2.44 bits per heavy atom.